The molecule has 0 spiro atoms. The maximum absolute atomic E-state index is 13.0. The lowest BCUT2D eigenvalue weighted by Gasteiger charge is -2.34. The van der Waals surface area contributed by atoms with Gasteiger partial charge in [0.1, 0.15) is 5.75 Å². The van der Waals surface area contributed by atoms with E-state index in [1.54, 1.807) is 37.4 Å². The van der Waals surface area contributed by atoms with Crippen LogP contribution in [0.25, 0.3) is 0 Å². The lowest BCUT2D eigenvalue weighted by Crippen LogP contribution is -2.46. The smallest absolute Gasteiger partial charge is 0.243 e. The largest absolute Gasteiger partial charge is 0.497 e. The fourth-order valence-corrected chi connectivity index (χ4v) is 5.40. The van der Waals surface area contributed by atoms with Gasteiger partial charge in [0.15, 0.2) is 0 Å². The molecule has 1 fully saturated rings. The lowest BCUT2D eigenvalue weighted by molar-refractivity contribution is -0.122. The van der Waals surface area contributed by atoms with Crippen LogP contribution in [0.5, 0.6) is 5.75 Å². The predicted molar refractivity (Wildman–Crippen MR) is 112 cm³/mol. The fraction of sp³-hybridized carbons (Fsp3) is 0.409. The summed E-state index contributed by atoms with van der Waals surface area (Å²) in [5.74, 6) is 0.672. The van der Waals surface area contributed by atoms with Crippen LogP contribution in [-0.2, 0) is 21.2 Å². The minimum atomic E-state index is -3.59. The predicted octanol–water partition coefficient (Wildman–Crippen LogP) is 2.99. The second-order valence-corrected chi connectivity index (χ2v) is 9.12. The molecule has 156 valence electrons. The molecule has 0 saturated carbocycles. The molecule has 2 aromatic carbocycles. The monoisotopic (exact) mass is 416 g/mol. The number of hydrogen-bond acceptors (Lipinski definition) is 4. The van der Waals surface area contributed by atoms with Gasteiger partial charge in [-0.15, -0.1) is 0 Å². The van der Waals surface area contributed by atoms with Crippen molar-refractivity contribution >= 4 is 15.9 Å². The number of rotatable bonds is 8. The van der Waals surface area contributed by atoms with Gasteiger partial charge in [-0.2, -0.15) is 4.31 Å². The molecule has 1 aliphatic rings. The third-order valence-electron chi connectivity index (χ3n) is 5.21. The van der Waals surface area contributed by atoms with Crippen molar-refractivity contribution in [2.24, 2.45) is 0 Å². The van der Waals surface area contributed by atoms with Crippen molar-refractivity contribution in [2.45, 2.75) is 43.0 Å². The molecule has 2 aromatic rings. The van der Waals surface area contributed by atoms with E-state index in [0.29, 0.717) is 25.9 Å². The van der Waals surface area contributed by atoms with Gasteiger partial charge in [-0.1, -0.05) is 36.8 Å². The van der Waals surface area contributed by atoms with E-state index in [1.165, 1.54) is 4.31 Å². The van der Waals surface area contributed by atoms with E-state index in [1.807, 2.05) is 24.3 Å². The van der Waals surface area contributed by atoms with Crippen LogP contribution in [0.15, 0.2) is 59.5 Å². The topological polar surface area (TPSA) is 75.7 Å². The van der Waals surface area contributed by atoms with Gasteiger partial charge in [0.05, 0.1) is 12.0 Å². The number of carbonyl (C=O) groups excluding carboxylic acids is 1. The highest BCUT2D eigenvalue weighted by molar-refractivity contribution is 7.89. The molecule has 0 aromatic heterocycles. The van der Waals surface area contributed by atoms with Crippen molar-refractivity contribution in [1.29, 1.82) is 0 Å². The quantitative estimate of drug-likeness (QED) is 0.718. The Hall–Kier alpha value is -2.38. The highest BCUT2D eigenvalue weighted by Gasteiger charge is 2.34. The standard InChI is InChI=1S/C22H28N2O4S/c1-28-20-10-7-8-18(16-20)13-14-23-22(25)17-19-9-5-6-15-24(19)29(26,27)21-11-3-2-4-12-21/h2-4,7-8,10-12,16,19H,5-6,9,13-15,17H2,1H3,(H,23,25)/t19-/m0/s1. The lowest BCUT2D eigenvalue weighted by atomic mass is 10.0. The molecular weight excluding hydrogens is 388 g/mol. The molecule has 1 atom stereocenters. The van der Waals surface area contributed by atoms with E-state index in [4.69, 9.17) is 4.74 Å². The zero-order chi connectivity index (χ0) is 20.7. The number of piperidine rings is 1. The molecule has 0 unspecified atom stereocenters. The van der Waals surface area contributed by atoms with E-state index < -0.39 is 10.0 Å². The summed E-state index contributed by atoms with van der Waals surface area (Å²) in [7, 11) is -1.96. The summed E-state index contributed by atoms with van der Waals surface area (Å²) in [5.41, 5.74) is 1.08. The number of benzene rings is 2. The molecular formula is C22H28N2O4S. The Kier molecular flexibility index (Phi) is 7.28. The normalized spacial score (nSPS) is 17.6. The summed E-state index contributed by atoms with van der Waals surface area (Å²) < 4.78 is 32.8. The molecule has 0 radical (unpaired) electrons. The van der Waals surface area contributed by atoms with Crippen LogP contribution in [0.1, 0.15) is 31.2 Å². The first-order chi connectivity index (χ1) is 14.0. The molecule has 1 saturated heterocycles. The van der Waals surface area contributed by atoms with Gasteiger partial charge in [0.25, 0.3) is 0 Å². The number of hydrogen-bond donors (Lipinski definition) is 1. The molecule has 1 amide bonds. The van der Waals surface area contributed by atoms with E-state index in [0.717, 1.165) is 24.2 Å². The number of amides is 1. The minimum absolute atomic E-state index is 0.118. The van der Waals surface area contributed by atoms with Crippen LogP contribution in [0.4, 0.5) is 0 Å². The second kappa shape index (κ2) is 9.89. The third kappa shape index (κ3) is 5.58. The van der Waals surface area contributed by atoms with Crippen molar-refractivity contribution in [3.05, 3.63) is 60.2 Å². The molecule has 3 rings (SSSR count). The zero-order valence-electron chi connectivity index (χ0n) is 16.7. The van der Waals surface area contributed by atoms with Crippen molar-refractivity contribution in [3.8, 4) is 5.75 Å². The first kappa shape index (κ1) is 21.3. The van der Waals surface area contributed by atoms with Crippen molar-refractivity contribution in [1.82, 2.24) is 9.62 Å². The van der Waals surface area contributed by atoms with Crippen LogP contribution in [0.2, 0.25) is 0 Å². The summed E-state index contributed by atoms with van der Waals surface area (Å²) in [6, 6.07) is 15.9. The van der Waals surface area contributed by atoms with Gasteiger partial charge in [-0.3, -0.25) is 4.79 Å². The fourth-order valence-electron chi connectivity index (χ4n) is 3.68. The highest BCUT2D eigenvalue weighted by Crippen LogP contribution is 2.27. The van der Waals surface area contributed by atoms with Crippen molar-refractivity contribution < 1.29 is 17.9 Å². The van der Waals surface area contributed by atoms with Crippen LogP contribution in [0, 0.1) is 0 Å². The number of carbonyl (C=O) groups is 1. The summed E-state index contributed by atoms with van der Waals surface area (Å²) in [4.78, 5) is 12.8. The summed E-state index contributed by atoms with van der Waals surface area (Å²) in [5, 5.41) is 2.93. The summed E-state index contributed by atoms with van der Waals surface area (Å²) in [6.07, 6.45) is 3.34. The average molecular weight is 417 g/mol. The van der Waals surface area contributed by atoms with Crippen LogP contribution in [-0.4, -0.2) is 44.9 Å². The maximum atomic E-state index is 13.0. The van der Waals surface area contributed by atoms with E-state index in [2.05, 4.69) is 5.32 Å². The van der Waals surface area contributed by atoms with Crippen LogP contribution in [0.3, 0.4) is 0 Å². The van der Waals surface area contributed by atoms with Crippen molar-refractivity contribution in [2.75, 3.05) is 20.2 Å². The molecule has 7 heteroatoms. The highest BCUT2D eigenvalue weighted by atomic mass is 32.2. The Balaban J connectivity index is 1.58. The van der Waals surface area contributed by atoms with E-state index >= 15 is 0 Å². The second-order valence-electron chi connectivity index (χ2n) is 7.23. The van der Waals surface area contributed by atoms with Crippen LogP contribution >= 0.6 is 0 Å². The minimum Gasteiger partial charge on any atom is -0.497 e. The maximum Gasteiger partial charge on any atom is 0.243 e. The molecule has 1 heterocycles. The van der Waals surface area contributed by atoms with Gasteiger partial charge in [0.2, 0.25) is 15.9 Å². The van der Waals surface area contributed by atoms with Crippen molar-refractivity contribution in [3.63, 3.8) is 0 Å². The van der Waals surface area contributed by atoms with Crippen LogP contribution < -0.4 is 10.1 Å². The molecule has 6 nitrogen and oxygen atoms in total. The Bertz CT molecular complexity index is 915. The Morgan fingerprint density at radius 3 is 2.69 bits per heavy atom. The number of sulfonamides is 1. The number of nitrogens with zero attached hydrogens (tertiary/aromatic N) is 1. The van der Waals surface area contributed by atoms with Gasteiger partial charge in [0, 0.05) is 25.6 Å². The number of nitrogens with one attached hydrogen (secondary N) is 1. The third-order valence-corrected chi connectivity index (χ3v) is 7.18. The Labute approximate surface area is 172 Å². The first-order valence-electron chi connectivity index (χ1n) is 9.97. The summed E-state index contributed by atoms with van der Waals surface area (Å²) >= 11 is 0. The Morgan fingerprint density at radius 2 is 1.93 bits per heavy atom. The number of ether oxygens (including phenoxy) is 1. The molecule has 1 aliphatic heterocycles. The van der Waals surface area contributed by atoms with Gasteiger partial charge in [-0.25, -0.2) is 8.42 Å². The molecule has 0 aliphatic carbocycles. The van der Waals surface area contributed by atoms with E-state index in [-0.39, 0.29) is 23.3 Å². The van der Waals surface area contributed by atoms with E-state index in [9.17, 15) is 13.2 Å². The summed E-state index contributed by atoms with van der Waals surface area (Å²) in [6.45, 7) is 0.961. The SMILES string of the molecule is COc1cccc(CCNC(=O)C[C@@H]2CCCCN2S(=O)(=O)c2ccccc2)c1. The van der Waals surface area contributed by atoms with Gasteiger partial charge in [-0.05, 0) is 49.1 Å². The van der Waals surface area contributed by atoms with Gasteiger partial charge >= 0.3 is 0 Å². The average Bonchev–Trinajstić information content (AvgIpc) is 2.75. The number of methoxy groups -OCH3 is 1. The molecule has 29 heavy (non-hydrogen) atoms. The molecule has 0 bridgehead atoms. The molecule has 1 N–H and O–H groups in total. The first-order valence-corrected chi connectivity index (χ1v) is 11.4. The van der Waals surface area contributed by atoms with Gasteiger partial charge < -0.3 is 10.1 Å². The zero-order valence-corrected chi connectivity index (χ0v) is 17.5. The Morgan fingerprint density at radius 1 is 1.14 bits per heavy atom.